The molecule has 122 valence electrons. The third kappa shape index (κ3) is 3.98. The van der Waals surface area contributed by atoms with Crippen molar-refractivity contribution in [2.45, 2.75) is 37.0 Å². The summed E-state index contributed by atoms with van der Waals surface area (Å²) in [6.07, 6.45) is 5.68. The predicted molar refractivity (Wildman–Crippen MR) is 84.5 cm³/mol. The Bertz CT molecular complexity index is 635. The van der Waals surface area contributed by atoms with E-state index >= 15 is 0 Å². The molecule has 1 aliphatic rings. The zero-order valence-corrected chi connectivity index (χ0v) is 13.6. The monoisotopic (exact) mass is 326 g/mol. The fourth-order valence-electron chi connectivity index (χ4n) is 2.73. The topological polar surface area (TPSA) is 89.7 Å². The predicted octanol–water partition coefficient (Wildman–Crippen LogP) is 1.89. The lowest BCUT2D eigenvalue weighted by Crippen LogP contribution is -2.29. The molecule has 0 aromatic heterocycles. The Morgan fingerprint density at radius 2 is 1.73 bits per heavy atom. The number of nitrogens with zero attached hydrogens (tertiary/aromatic N) is 1. The summed E-state index contributed by atoms with van der Waals surface area (Å²) in [5.41, 5.74) is 0.954. The third-order valence-corrected chi connectivity index (χ3v) is 4.81. The molecule has 2 N–H and O–H groups in total. The number of carbonyl (C=O) groups is 1. The van der Waals surface area contributed by atoms with Crippen molar-refractivity contribution < 1.29 is 17.9 Å². The van der Waals surface area contributed by atoms with Gasteiger partial charge in [0.2, 0.25) is 10.0 Å². The van der Waals surface area contributed by atoms with Crippen LogP contribution in [0.1, 0.15) is 42.5 Å². The summed E-state index contributed by atoms with van der Waals surface area (Å²) in [6, 6.07) is 4.39. The second-order valence-electron chi connectivity index (χ2n) is 5.47. The Morgan fingerprint density at radius 1 is 1.14 bits per heavy atom. The van der Waals surface area contributed by atoms with Crippen molar-refractivity contribution >= 4 is 21.7 Å². The van der Waals surface area contributed by atoms with E-state index in [1.807, 2.05) is 0 Å². The van der Waals surface area contributed by atoms with Gasteiger partial charge in [0.05, 0.1) is 23.3 Å². The maximum Gasteiger partial charge on any atom is 0.340 e. The first-order valence-corrected chi connectivity index (χ1v) is 8.98. The van der Waals surface area contributed by atoms with Crippen LogP contribution < -0.4 is 10.0 Å². The maximum absolute atomic E-state index is 12.0. The Morgan fingerprint density at radius 3 is 2.27 bits per heavy atom. The molecule has 0 radical (unpaired) electrons. The number of ether oxygens (including phenoxy) is 1. The molecule has 0 saturated carbocycles. The van der Waals surface area contributed by atoms with Crippen molar-refractivity contribution in [3.63, 3.8) is 0 Å². The number of benzene rings is 1. The number of methoxy groups -OCH3 is 1. The zero-order valence-electron chi connectivity index (χ0n) is 12.7. The molecule has 1 heterocycles. The SMILES string of the molecule is COC(=O)c1cc(S(N)(=O)=O)ccc1N1CCCCCCC1. The molecule has 22 heavy (non-hydrogen) atoms. The van der Waals surface area contributed by atoms with E-state index in [9.17, 15) is 13.2 Å². The number of primary sulfonamides is 1. The molecule has 1 aromatic carbocycles. The fraction of sp³-hybridized carbons (Fsp3) is 0.533. The van der Waals surface area contributed by atoms with Crippen LogP contribution in [0, 0.1) is 0 Å². The first-order chi connectivity index (χ1) is 10.4. The Kier molecular flexibility index (Phi) is 5.42. The summed E-state index contributed by atoms with van der Waals surface area (Å²) in [5, 5.41) is 5.15. The van der Waals surface area contributed by atoms with Gasteiger partial charge in [-0.1, -0.05) is 19.3 Å². The highest BCUT2D eigenvalue weighted by molar-refractivity contribution is 7.89. The quantitative estimate of drug-likeness (QED) is 0.857. The van der Waals surface area contributed by atoms with Crippen LogP contribution in [-0.4, -0.2) is 34.6 Å². The second kappa shape index (κ2) is 7.11. The Labute approximate surface area is 131 Å². The third-order valence-electron chi connectivity index (χ3n) is 3.90. The molecule has 6 nitrogen and oxygen atoms in total. The van der Waals surface area contributed by atoms with Crippen molar-refractivity contribution in [1.29, 1.82) is 0 Å². The van der Waals surface area contributed by atoms with Gasteiger partial charge in [0, 0.05) is 13.1 Å². The molecule has 0 unspecified atom stereocenters. The van der Waals surface area contributed by atoms with Crippen molar-refractivity contribution in [2.24, 2.45) is 5.14 Å². The molecule has 0 atom stereocenters. The molecule has 0 amide bonds. The summed E-state index contributed by atoms with van der Waals surface area (Å²) in [7, 11) is -2.57. The summed E-state index contributed by atoms with van der Waals surface area (Å²) in [5.74, 6) is -0.553. The lowest BCUT2D eigenvalue weighted by molar-refractivity contribution is 0.0601. The fourth-order valence-corrected chi connectivity index (χ4v) is 3.27. The van der Waals surface area contributed by atoms with Crippen molar-refractivity contribution in [1.82, 2.24) is 0 Å². The smallest absolute Gasteiger partial charge is 0.340 e. The van der Waals surface area contributed by atoms with Gasteiger partial charge in [-0.15, -0.1) is 0 Å². The maximum atomic E-state index is 12.0. The van der Waals surface area contributed by atoms with Crippen molar-refractivity contribution in [3.05, 3.63) is 23.8 Å². The average molecular weight is 326 g/mol. The largest absolute Gasteiger partial charge is 0.465 e. The lowest BCUT2D eigenvalue weighted by Gasteiger charge is -2.28. The minimum Gasteiger partial charge on any atom is -0.465 e. The highest BCUT2D eigenvalue weighted by Crippen LogP contribution is 2.26. The Hall–Kier alpha value is -1.60. The number of anilines is 1. The van der Waals surface area contributed by atoms with Gasteiger partial charge in [-0.3, -0.25) is 0 Å². The minimum absolute atomic E-state index is 0.0799. The van der Waals surface area contributed by atoms with Gasteiger partial charge in [-0.05, 0) is 31.0 Å². The normalized spacial score (nSPS) is 16.7. The van der Waals surface area contributed by atoms with E-state index in [4.69, 9.17) is 9.88 Å². The van der Waals surface area contributed by atoms with Crippen LogP contribution in [0.5, 0.6) is 0 Å². The van der Waals surface area contributed by atoms with Gasteiger partial charge in [0.15, 0.2) is 0 Å². The summed E-state index contributed by atoms with van der Waals surface area (Å²) < 4.78 is 27.8. The van der Waals surface area contributed by atoms with E-state index in [1.165, 1.54) is 38.5 Å². The van der Waals surface area contributed by atoms with E-state index < -0.39 is 16.0 Å². The zero-order chi connectivity index (χ0) is 16.2. The van der Waals surface area contributed by atoms with Gasteiger partial charge in [0.25, 0.3) is 0 Å². The number of carbonyl (C=O) groups excluding carboxylic acids is 1. The van der Waals surface area contributed by atoms with Crippen LogP contribution in [-0.2, 0) is 14.8 Å². The molecule has 0 spiro atoms. The van der Waals surface area contributed by atoms with E-state index in [-0.39, 0.29) is 10.5 Å². The molecule has 2 rings (SSSR count). The lowest BCUT2D eigenvalue weighted by atomic mass is 10.1. The van der Waals surface area contributed by atoms with E-state index in [2.05, 4.69) is 4.90 Å². The summed E-state index contributed by atoms with van der Waals surface area (Å²) >= 11 is 0. The minimum atomic E-state index is -3.85. The highest BCUT2D eigenvalue weighted by atomic mass is 32.2. The number of nitrogens with two attached hydrogens (primary N) is 1. The van der Waals surface area contributed by atoms with Crippen LogP contribution >= 0.6 is 0 Å². The van der Waals surface area contributed by atoms with Gasteiger partial charge >= 0.3 is 5.97 Å². The van der Waals surface area contributed by atoms with Crippen LogP contribution in [0.3, 0.4) is 0 Å². The van der Waals surface area contributed by atoms with Gasteiger partial charge in [-0.25, -0.2) is 18.4 Å². The van der Waals surface area contributed by atoms with Crippen LogP contribution in [0.4, 0.5) is 5.69 Å². The number of hydrogen-bond donors (Lipinski definition) is 1. The number of rotatable bonds is 3. The van der Waals surface area contributed by atoms with E-state index in [0.29, 0.717) is 5.69 Å². The highest BCUT2D eigenvalue weighted by Gasteiger charge is 2.21. The van der Waals surface area contributed by atoms with Crippen LogP contribution in [0.25, 0.3) is 0 Å². The summed E-state index contributed by atoms with van der Waals surface area (Å²) in [6.45, 7) is 1.69. The molecular weight excluding hydrogens is 304 g/mol. The van der Waals surface area contributed by atoms with Gasteiger partial charge in [-0.2, -0.15) is 0 Å². The molecule has 7 heteroatoms. The molecule has 1 fully saturated rings. The first-order valence-electron chi connectivity index (χ1n) is 7.43. The van der Waals surface area contributed by atoms with Gasteiger partial charge in [0.1, 0.15) is 0 Å². The van der Waals surface area contributed by atoms with Crippen LogP contribution in [0.15, 0.2) is 23.1 Å². The second-order valence-corrected chi connectivity index (χ2v) is 7.03. The standard InChI is InChI=1S/C15H22N2O4S/c1-21-15(18)13-11-12(22(16,19)20)7-8-14(13)17-9-5-3-2-4-6-10-17/h7-8,11H,2-6,9-10H2,1H3,(H2,16,19,20). The van der Waals surface area contributed by atoms with E-state index in [0.717, 1.165) is 25.9 Å². The Balaban J connectivity index is 2.42. The van der Waals surface area contributed by atoms with Gasteiger partial charge < -0.3 is 9.64 Å². The van der Waals surface area contributed by atoms with E-state index in [1.54, 1.807) is 6.07 Å². The first kappa shape index (κ1) is 16.8. The molecular formula is C15H22N2O4S. The molecule has 0 bridgehead atoms. The van der Waals surface area contributed by atoms with Crippen LogP contribution in [0.2, 0.25) is 0 Å². The summed E-state index contributed by atoms with van der Waals surface area (Å²) in [4.78, 5) is 14.1. The number of sulfonamides is 1. The van der Waals surface area contributed by atoms with Crippen molar-refractivity contribution in [2.75, 3.05) is 25.1 Å². The number of esters is 1. The van der Waals surface area contributed by atoms with Crippen molar-refractivity contribution in [3.8, 4) is 0 Å². The number of hydrogen-bond acceptors (Lipinski definition) is 5. The molecule has 0 aliphatic carbocycles. The molecule has 1 aliphatic heterocycles. The average Bonchev–Trinajstić information content (AvgIpc) is 2.45. The molecule has 1 saturated heterocycles. The molecule has 1 aromatic rings.